The molecular weight excluding hydrogens is 258 g/mol. The lowest BCUT2D eigenvalue weighted by atomic mass is 10.00. The van der Waals surface area contributed by atoms with Gasteiger partial charge >= 0.3 is 0 Å². The highest BCUT2D eigenvalue weighted by atomic mass is 35.5. The van der Waals surface area contributed by atoms with Crippen LogP contribution in [0.4, 0.5) is 0 Å². The summed E-state index contributed by atoms with van der Waals surface area (Å²) >= 11 is 1.64. The fourth-order valence-electron chi connectivity index (χ4n) is 1.97. The Labute approximate surface area is 110 Å². The Morgan fingerprint density at radius 2 is 2.41 bits per heavy atom. The fourth-order valence-corrected chi connectivity index (χ4v) is 2.62. The van der Waals surface area contributed by atoms with Gasteiger partial charge in [0.1, 0.15) is 0 Å². The average Bonchev–Trinajstić information content (AvgIpc) is 3.01. The summed E-state index contributed by atoms with van der Waals surface area (Å²) in [7, 11) is 0. The molecular formula is C11H14ClN3OS. The zero-order valence-corrected chi connectivity index (χ0v) is 10.9. The van der Waals surface area contributed by atoms with Crippen molar-refractivity contribution in [1.29, 1.82) is 0 Å². The molecule has 6 heteroatoms. The van der Waals surface area contributed by atoms with E-state index in [2.05, 4.69) is 15.5 Å². The molecule has 1 aliphatic heterocycles. The Hall–Kier alpha value is -0.910. The second-order valence-electron chi connectivity index (χ2n) is 3.98. The molecule has 0 saturated carbocycles. The van der Waals surface area contributed by atoms with Gasteiger partial charge in [0.15, 0.2) is 0 Å². The van der Waals surface area contributed by atoms with Gasteiger partial charge in [-0.2, -0.15) is 4.98 Å². The van der Waals surface area contributed by atoms with Crippen molar-refractivity contribution in [2.45, 2.75) is 18.8 Å². The summed E-state index contributed by atoms with van der Waals surface area (Å²) in [5.41, 5.74) is 0. The van der Waals surface area contributed by atoms with Crippen molar-refractivity contribution >= 4 is 23.7 Å². The number of nitrogens with one attached hydrogen (secondary N) is 1. The maximum atomic E-state index is 5.33. The summed E-state index contributed by atoms with van der Waals surface area (Å²) in [6, 6.07) is 4.01. The van der Waals surface area contributed by atoms with E-state index in [0.29, 0.717) is 5.92 Å². The first-order valence-electron chi connectivity index (χ1n) is 5.51. The van der Waals surface area contributed by atoms with Crippen molar-refractivity contribution in [2.24, 2.45) is 0 Å². The SMILES string of the molecule is Cl.c1csc(-c2noc(C3CCCNC3)n2)c1. The van der Waals surface area contributed by atoms with Crippen LogP contribution in [-0.4, -0.2) is 23.2 Å². The predicted octanol–water partition coefficient (Wildman–Crippen LogP) is 2.69. The number of hydrogen-bond acceptors (Lipinski definition) is 5. The number of aromatic nitrogens is 2. The first-order chi connectivity index (χ1) is 7.93. The monoisotopic (exact) mass is 271 g/mol. The zero-order chi connectivity index (χ0) is 10.8. The third kappa shape index (κ3) is 2.68. The van der Waals surface area contributed by atoms with Crippen LogP contribution in [0.1, 0.15) is 24.7 Å². The second-order valence-corrected chi connectivity index (χ2v) is 4.92. The molecule has 1 fully saturated rings. The molecule has 0 radical (unpaired) electrons. The van der Waals surface area contributed by atoms with E-state index in [0.717, 1.165) is 36.1 Å². The van der Waals surface area contributed by atoms with E-state index in [1.165, 1.54) is 6.42 Å². The fraction of sp³-hybridized carbons (Fsp3) is 0.455. The molecule has 1 N–H and O–H groups in total. The summed E-state index contributed by atoms with van der Waals surface area (Å²) in [5.74, 6) is 1.88. The molecule has 92 valence electrons. The van der Waals surface area contributed by atoms with Gasteiger partial charge in [0.05, 0.1) is 10.8 Å². The number of piperidine rings is 1. The van der Waals surface area contributed by atoms with E-state index in [4.69, 9.17) is 4.52 Å². The Morgan fingerprint density at radius 3 is 3.12 bits per heavy atom. The molecule has 0 spiro atoms. The molecule has 1 aliphatic rings. The highest BCUT2D eigenvalue weighted by Gasteiger charge is 2.21. The highest BCUT2D eigenvalue weighted by molar-refractivity contribution is 7.13. The van der Waals surface area contributed by atoms with Gasteiger partial charge in [0.2, 0.25) is 11.7 Å². The minimum Gasteiger partial charge on any atom is -0.339 e. The third-order valence-corrected chi connectivity index (χ3v) is 3.70. The minimum absolute atomic E-state index is 0. The van der Waals surface area contributed by atoms with E-state index in [9.17, 15) is 0 Å². The molecule has 2 aromatic heterocycles. The molecule has 0 bridgehead atoms. The van der Waals surface area contributed by atoms with E-state index in [1.54, 1.807) is 11.3 Å². The number of nitrogens with zero attached hydrogens (tertiary/aromatic N) is 2. The molecule has 1 atom stereocenters. The smallest absolute Gasteiger partial charge is 0.231 e. The first-order valence-corrected chi connectivity index (χ1v) is 6.39. The zero-order valence-electron chi connectivity index (χ0n) is 9.26. The minimum atomic E-state index is 0. The van der Waals surface area contributed by atoms with Crippen LogP contribution < -0.4 is 5.32 Å². The van der Waals surface area contributed by atoms with Gasteiger partial charge < -0.3 is 9.84 Å². The van der Waals surface area contributed by atoms with Crippen LogP contribution in [0.3, 0.4) is 0 Å². The maximum Gasteiger partial charge on any atom is 0.231 e. The molecule has 3 rings (SSSR count). The molecule has 17 heavy (non-hydrogen) atoms. The van der Waals surface area contributed by atoms with E-state index in [-0.39, 0.29) is 12.4 Å². The maximum absolute atomic E-state index is 5.33. The summed E-state index contributed by atoms with van der Waals surface area (Å²) < 4.78 is 5.33. The number of rotatable bonds is 2. The average molecular weight is 272 g/mol. The Balaban J connectivity index is 0.00000108. The van der Waals surface area contributed by atoms with Crippen LogP contribution in [0.15, 0.2) is 22.0 Å². The highest BCUT2D eigenvalue weighted by Crippen LogP contribution is 2.26. The van der Waals surface area contributed by atoms with Crippen molar-refractivity contribution in [1.82, 2.24) is 15.5 Å². The van der Waals surface area contributed by atoms with Gasteiger partial charge in [0.25, 0.3) is 0 Å². The summed E-state index contributed by atoms with van der Waals surface area (Å²) in [6.45, 7) is 2.05. The molecule has 3 heterocycles. The van der Waals surface area contributed by atoms with Crippen molar-refractivity contribution in [3.63, 3.8) is 0 Å². The van der Waals surface area contributed by atoms with Crippen LogP contribution >= 0.6 is 23.7 Å². The lowest BCUT2D eigenvalue weighted by Crippen LogP contribution is -2.28. The normalized spacial score (nSPS) is 19.9. The largest absolute Gasteiger partial charge is 0.339 e. The first kappa shape index (κ1) is 12.5. The van der Waals surface area contributed by atoms with Gasteiger partial charge in [-0.3, -0.25) is 0 Å². The van der Waals surface area contributed by atoms with E-state index < -0.39 is 0 Å². The van der Waals surface area contributed by atoms with Crippen LogP contribution in [0.5, 0.6) is 0 Å². The second kappa shape index (κ2) is 5.62. The van der Waals surface area contributed by atoms with Gasteiger partial charge in [0, 0.05) is 6.54 Å². The molecule has 4 nitrogen and oxygen atoms in total. The summed E-state index contributed by atoms with van der Waals surface area (Å²) in [6.07, 6.45) is 2.32. The van der Waals surface area contributed by atoms with Gasteiger partial charge in [-0.25, -0.2) is 0 Å². The van der Waals surface area contributed by atoms with Crippen LogP contribution in [0, 0.1) is 0 Å². The van der Waals surface area contributed by atoms with Crippen molar-refractivity contribution in [3.05, 3.63) is 23.4 Å². The predicted molar refractivity (Wildman–Crippen MR) is 69.7 cm³/mol. The molecule has 1 unspecified atom stereocenters. The quantitative estimate of drug-likeness (QED) is 0.912. The summed E-state index contributed by atoms with van der Waals surface area (Å²) in [5, 5.41) is 9.40. The van der Waals surface area contributed by atoms with Crippen LogP contribution in [0.25, 0.3) is 10.7 Å². The topological polar surface area (TPSA) is 51.0 Å². The molecule has 0 aliphatic carbocycles. The molecule has 1 saturated heterocycles. The Morgan fingerprint density at radius 1 is 1.47 bits per heavy atom. The number of hydrogen-bond donors (Lipinski definition) is 1. The third-order valence-electron chi connectivity index (χ3n) is 2.83. The summed E-state index contributed by atoms with van der Waals surface area (Å²) in [4.78, 5) is 5.54. The Kier molecular flexibility index (Phi) is 4.15. The molecule has 2 aromatic rings. The van der Waals surface area contributed by atoms with Gasteiger partial charge in [-0.15, -0.1) is 23.7 Å². The number of thiophene rings is 1. The standard InChI is InChI=1S/C11H13N3OS.ClH/c1-3-8(7-12-5-1)11-13-10(14-15-11)9-4-2-6-16-9;/h2,4,6,8,12H,1,3,5,7H2;1H. The van der Waals surface area contributed by atoms with Gasteiger partial charge in [-0.05, 0) is 30.8 Å². The van der Waals surface area contributed by atoms with Gasteiger partial charge in [-0.1, -0.05) is 11.2 Å². The molecule has 0 aromatic carbocycles. The lowest BCUT2D eigenvalue weighted by Gasteiger charge is -2.18. The lowest BCUT2D eigenvalue weighted by molar-refractivity contribution is 0.322. The van der Waals surface area contributed by atoms with Crippen LogP contribution in [-0.2, 0) is 0 Å². The number of halogens is 1. The Bertz CT molecular complexity index is 451. The van der Waals surface area contributed by atoms with E-state index >= 15 is 0 Å². The van der Waals surface area contributed by atoms with Crippen molar-refractivity contribution in [2.75, 3.05) is 13.1 Å². The van der Waals surface area contributed by atoms with E-state index in [1.807, 2.05) is 17.5 Å². The molecule has 0 amide bonds. The van der Waals surface area contributed by atoms with Crippen molar-refractivity contribution < 1.29 is 4.52 Å². The van der Waals surface area contributed by atoms with Crippen molar-refractivity contribution in [3.8, 4) is 10.7 Å². The van der Waals surface area contributed by atoms with Crippen LogP contribution in [0.2, 0.25) is 0 Å².